The van der Waals surface area contributed by atoms with Crippen LogP contribution in [0.4, 0.5) is 0 Å². The molecule has 7 nitrogen and oxygen atoms in total. The number of fused-ring (bicyclic) bond motifs is 1. The Kier molecular flexibility index (Phi) is 4.71. The van der Waals surface area contributed by atoms with Crippen molar-refractivity contribution in [2.75, 3.05) is 13.1 Å². The third kappa shape index (κ3) is 3.20. The molecule has 0 saturated carbocycles. The van der Waals surface area contributed by atoms with Crippen LogP contribution in [0.1, 0.15) is 54.6 Å². The second-order valence-corrected chi connectivity index (χ2v) is 7.93. The summed E-state index contributed by atoms with van der Waals surface area (Å²) in [5.41, 5.74) is 9.02. The van der Waals surface area contributed by atoms with Crippen molar-refractivity contribution in [3.05, 3.63) is 35.4 Å². The molecule has 1 amide bonds. The van der Waals surface area contributed by atoms with Gasteiger partial charge in [0.05, 0.1) is 22.8 Å². The molecule has 0 aliphatic carbocycles. The minimum Gasteiger partial charge on any atom is -0.466 e. The van der Waals surface area contributed by atoms with Crippen molar-refractivity contribution in [1.29, 1.82) is 0 Å². The van der Waals surface area contributed by atoms with Crippen LogP contribution in [0.2, 0.25) is 0 Å². The summed E-state index contributed by atoms with van der Waals surface area (Å²) in [7, 11) is 0. The van der Waals surface area contributed by atoms with Crippen LogP contribution < -0.4 is 5.73 Å². The highest BCUT2D eigenvalue weighted by molar-refractivity contribution is 6.06. The molecule has 148 valence electrons. The first-order valence-corrected chi connectivity index (χ1v) is 9.85. The molecule has 3 aromatic heterocycles. The zero-order valence-corrected chi connectivity index (χ0v) is 16.9. The molecule has 0 bridgehead atoms. The third-order valence-electron chi connectivity index (χ3n) is 5.43. The number of pyridine rings is 1. The number of aryl methyl sites for hydroxylation is 2. The first kappa shape index (κ1) is 18.7. The highest BCUT2D eigenvalue weighted by Gasteiger charge is 2.26. The number of aromatic nitrogens is 3. The van der Waals surface area contributed by atoms with Gasteiger partial charge in [-0.2, -0.15) is 5.10 Å². The molecule has 7 heteroatoms. The quantitative estimate of drug-likeness (QED) is 0.750. The van der Waals surface area contributed by atoms with Crippen molar-refractivity contribution in [3.8, 4) is 11.3 Å². The summed E-state index contributed by atoms with van der Waals surface area (Å²) in [6.45, 7) is 9.31. The number of hydrogen-bond donors (Lipinski definition) is 1. The SMILES string of the molecule is Cc1cc(-c2cc(C(=O)N3CCC(N)CC3)c3cnn(C(C)C)c3n2)c(C)o1. The number of nitrogens with zero attached hydrogens (tertiary/aromatic N) is 4. The van der Waals surface area contributed by atoms with Crippen LogP contribution >= 0.6 is 0 Å². The highest BCUT2D eigenvalue weighted by Crippen LogP contribution is 2.31. The van der Waals surface area contributed by atoms with Gasteiger partial charge in [-0.15, -0.1) is 0 Å². The molecule has 3 aromatic rings. The van der Waals surface area contributed by atoms with E-state index in [0.717, 1.165) is 46.7 Å². The predicted molar refractivity (Wildman–Crippen MR) is 108 cm³/mol. The van der Waals surface area contributed by atoms with Crippen LogP contribution in [0, 0.1) is 13.8 Å². The lowest BCUT2D eigenvalue weighted by Crippen LogP contribution is -2.42. The molecular weight excluding hydrogens is 354 g/mol. The summed E-state index contributed by atoms with van der Waals surface area (Å²) < 4.78 is 7.56. The highest BCUT2D eigenvalue weighted by atomic mass is 16.3. The normalized spacial score (nSPS) is 15.7. The number of rotatable bonds is 3. The molecule has 1 aliphatic heterocycles. The van der Waals surface area contributed by atoms with E-state index < -0.39 is 0 Å². The van der Waals surface area contributed by atoms with E-state index in [2.05, 4.69) is 18.9 Å². The maximum atomic E-state index is 13.4. The van der Waals surface area contributed by atoms with E-state index in [-0.39, 0.29) is 18.0 Å². The molecule has 28 heavy (non-hydrogen) atoms. The van der Waals surface area contributed by atoms with E-state index in [1.165, 1.54) is 0 Å². The Morgan fingerprint density at radius 1 is 1.25 bits per heavy atom. The Balaban J connectivity index is 1.87. The summed E-state index contributed by atoms with van der Waals surface area (Å²) >= 11 is 0. The van der Waals surface area contributed by atoms with E-state index in [4.69, 9.17) is 15.1 Å². The summed E-state index contributed by atoms with van der Waals surface area (Å²) in [4.78, 5) is 20.1. The van der Waals surface area contributed by atoms with Crippen molar-refractivity contribution >= 4 is 16.9 Å². The molecule has 0 radical (unpaired) electrons. The summed E-state index contributed by atoms with van der Waals surface area (Å²) in [6, 6.07) is 4.16. The number of likely N-dealkylation sites (tertiary alicyclic amines) is 1. The minimum absolute atomic E-state index is 0.0155. The molecule has 2 N–H and O–H groups in total. The monoisotopic (exact) mass is 381 g/mol. The van der Waals surface area contributed by atoms with Crippen LogP contribution in [0.3, 0.4) is 0 Å². The largest absolute Gasteiger partial charge is 0.466 e. The van der Waals surface area contributed by atoms with Crippen LogP contribution in [-0.4, -0.2) is 44.7 Å². The maximum Gasteiger partial charge on any atom is 0.254 e. The fraction of sp³-hybridized carbons (Fsp3) is 0.476. The van der Waals surface area contributed by atoms with Gasteiger partial charge in [0, 0.05) is 30.7 Å². The lowest BCUT2D eigenvalue weighted by atomic mass is 10.0. The van der Waals surface area contributed by atoms with Gasteiger partial charge in [0.15, 0.2) is 5.65 Å². The molecule has 1 saturated heterocycles. The van der Waals surface area contributed by atoms with Crippen LogP contribution in [0.15, 0.2) is 22.7 Å². The Morgan fingerprint density at radius 3 is 2.57 bits per heavy atom. The van der Waals surface area contributed by atoms with E-state index >= 15 is 0 Å². The van der Waals surface area contributed by atoms with Gasteiger partial charge in [0.25, 0.3) is 5.91 Å². The number of amides is 1. The summed E-state index contributed by atoms with van der Waals surface area (Å²) in [5, 5.41) is 5.28. The minimum atomic E-state index is 0.0155. The van der Waals surface area contributed by atoms with E-state index in [1.807, 2.05) is 35.6 Å². The molecular formula is C21H27N5O2. The first-order chi connectivity index (χ1) is 13.3. The Bertz CT molecular complexity index is 1030. The van der Waals surface area contributed by atoms with Crippen molar-refractivity contribution in [3.63, 3.8) is 0 Å². The van der Waals surface area contributed by atoms with Crippen molar-refractivity contribution in [2.24, 2.45) is 5.73 Å². The second kappa shape index (κ2) is 7.05. The van der Waals surface area contributed by atoms with Crippen molar-refractivity contribution in [1.82, 2.24) is 19.7 Å². The van der Waals surface area contributed by atoms with E-state index in [1.54, 1.807) is 6.20 Å². The smallest absolute Gasteiger partial charge is 0.254 e. The molecule has 1 aliphatic rings. The molecule has 0 unspecified atom stereocenters. The van der Waals surface area contributed by atoms with Gasteiger partial charge in [-0.25, -0.2) is 9.67 Å². The Hall–Kier alpha value is -2.67. The molecule has 1 fully saturated rings. The molecule has 4 heterocycles. The first-order valence-electron chi connectivity index (χ1n) is 9.85. The lowest BCUT2D eigenvalue weighted by molar-refractivity contribution is 0.0716. The van der Waals surface area contributed by atoms with Gasteiger partial charge in [-0.1, -0.05) is 0 Å². The van der Waals surface area contributed by atoms with E-state index in [9.17, 15) is 4.79 Å². The third-order valence-corrected chi connectivity index (χ3v) is 5.43. The van der Waals surface area contributed by atoms with Crippen LogP contribution in [-0.2, 0) is 0 Å². The van der Waals surface area contributed by atoms with Gasteiger partial charge in [0.1, 0.15) is 11.5 Å². The Labute approximate surface area is 164 Å². The zero-order valence-electron chi connectivity index (χ0n) is 16.9. The number of hydrogen-bond acceptors (Lipinski definition) is 5. The van der Waals surface area contributed by atoms with Gasteiger partial charge >= 0.3 is 0 Å². The number of piperidine rings is 1. The molecule has 0 atom stereocenters. The Morgan fingerprint density at radius 2 is 1.96 bits per heavy atom. The number of carbonyl (C=O) groups is 1. The predicted octanol–water partition coefficient (Wildman–Crippen LogP) is 3.45. The van der Waals surface area contributed by atoms with Gasteiger partial charge < -0.3 is 15.1 Å². The van der Waals surface area contributed by atoms with Gasteiger partial charge in [-0.3, -0.25) is 4.79 Å². The van der Waals surface area contributed by atoms with Gasteiger partial charge in [0.2, 0.25) is 0 Å². The van der Waals surface area contributed by atoms with Crippen LogP contribution in [0.5, 0.6) is 0 Å². The molecule has 0 aromatic carbocycles. The average molecular weight is 381 g/mol. The summed E-state index contributed by atoms with van der Waals surface area (Å²) in [5.74, 6) is 1.63. The van der Waals surface area contributed by atoms with Crippen molar-refractivity contribution < 1.29 is 9.21 Å². The van der Waals surface area contributed by atoms with Crippen molar-refractivity contribution in [2.45, 2.75) is 52.6 Å². The molecule has 4 rings (SSSR count). The lowest BCUT2D eigenvalue weighted by Gasteiger charge is -2.30. The number of nitrogens with two attached hydrogens (primary N) is 1. The van der Waals surface area contributed by atoms with Gasteiger partial charge in [-0.05, 0) is 52.7 Å². The fourth-order valence-corrected chi connectivity index (χ4v) is 3.87. The number of carbonyl (C=O) groups excluding carboxylic acids is 1. The topological polar surface area (TPSA) is 90.2 Å². The van der Waals surface area contributed by atoms with E-state index in [0.29, 0.717) is 18.7 Å². The second-order valence-electron chi connectivity index (χ2n) is 7.93. The molecule has 0 spiro atoms. The summed E-state index contributed by atoms with van der Waals surface area (Å²) in [6.07, 6.45) is 3.42. The fourth-order valence-electron chi connectivity index (χ4n) is 3.87. The average Bonchev–Trinajstić information content (AvgIpc) is 3.23. The van der Waals surface area contributed by atoms with Crippen LogP contribution in [0.25, 0.3) is 22.3 Å². The number of furan rings is 1. The maximum absolute atomic E-state index is 13.4. The zero-order chi connectivity index (χ0) is 20.0. The standard InChI is InChI=1S/C21H27N5O2/c1-12(2)26-20-18(11-23-26)17(21(27)25-7-5-15(22)6-8-25)10-19(24-20)16-9-13(3)28-14(16)4/h9-12,15H,5-8,22H2,1-4H3.